The molecule has 0 aliphatic carbocycles. The summed E-state index contributed by atoms with van der Waals surface area (Å²) in [5.41, 5.74) is 4.13. The second kappa shape index (κ2) is 4.31. The van der Waals surface area contributed by atoms with E-state index >= 15 is 0 Å². The summed E-state index contributed by atoms with van der Waals surface area (Å²) in [7, 11) is 0. The third-order valence-corrected chi connectivity index (χ3v) is 2.74. The number of carbonyl (C=O) groups is 1. The number of Topliss-reactive ketones (excluding diaryl/α,β-unsaturated/α-hetero) is 1. The lowest BCUT2D eigenvalue weighted by Gasteiger charge is -2.09. The van der Waals surface area contributed by atoms with Crippen LogP contribution in [0.2, 0.25) is 0 Å². The first-order valence-corrected chi connectivity index (χ1v) is 5.36. The summed E-state index contributed by atoms with van der Waals surface area (Å²) in [6.07, 6.45) is 0. The van der Waals surface area contributed by atoms with Crippen LogP contribution in [0.25, 0.3) is 11.1 Å². The van der Waals surface area contributed by atoms with Crippen molar-refractivity contribution in [3.8, 4) is 11.1 Å². The summed E-state index contributed by atoms with van der Waals surface area (Å²) < 4.78 is 0. The number of rotatable bonds is 2. The zero-order valence-corrected chi connectivity index (χ0v) is 9.53. The fraction of sp³-hybridized carbons (Fsp3) is 0.133. The largest absolute Gasteiger partial charge is 0.294 e. The quantitative estimate of drug-likeness (QED) is 0.688. The van der Waals surface area contributed by atoms with Crippen molar-refractivity contribution in [2.24, 2.45) is 0 Å². The van der Waals surface area contributed by atoms with Crippen molar-refractivity contribution < 1.29 is 4.79 Å². The maximum atomic E-state index is 11.6. The molecule has 0 unspecified atom stereocenters. The van der Waals surface area contributed by atoms with E-state index in [9.17, 15) is 4.79 Å². The average molecular weight is 210 g/mol. The predicted octanol–water partition coefficient (Wildman–Crippen LogP) is 3.86. The van der Waals surface area contributed by atoms with Crippen molar-refractivity contribution in [1.82, 2.24) is 0 Å². The number of hydrogen-bond acceptors (Lipinski definition) is 1. The average Bonchev–Trinajstić information content (AvgIpc) is 2.29. The Bertz CT molecular complexity index is 526. The summed E-state index contributed by atoms with van der Waals surface area (Å²) in [4.78, 5) is 11.6. The van der Waals surface area contributed by atoms with Crippen LogP contribution in [-0.4, -0.2) is 5.78 Å². The Morgan fingerprint density at radius 1 is 0.875 bits per heavy atom. The van der Waals surface area contributed by atoms with Gasteiger partial charge in [-0.05, 0) is 30.5 Å². The summed E-state index contributed by atoms with van der Waals surface area (Å²) in [6.45, 7) is 3.67. The highest BCUT2D eigenvalue weighted by molar-refractivity contribution is 6.01. The lowest BCUT2D eigenvalue weighted by Crippen LogP contribution is -1.96. The van der Waals surface area contributed by atoms with Gasteiger partial charge in [0.25, 0.3) is 0 Å². The molecule has 16 heavy (non-hydrogen) atoms. The van der Waals surface area contributed by atoms with Crippen LogP contribution in [0.4, 0.5) is 0 Å². The molecule has 0 heterocycles. The molecule has 0 aliphatic rings. The molecule has 0 radical (unpaired) electrons. The minimum atomic E-state index is 0.110. The molecule has 1 nitrogen and oxygen atoms in total. The lowest BCUT2D eigenvalue weighted by molar-refractivity contribution is 0.101. The molecular formula is C15H14O. The molecule has 0 saturated carbocycles. The zero-order chi connectivity index (χ0) is 11.5. The fourth-order valence-electron chi connectivity index (χ4n) is 1.90. The minimum absolute atomic E-state index is 0.110. The Morgan fingerprint density at radius 3 is 2.06 bits per heavy atom. The van der Waals surface area contributed by atoms with Crippen LogP contribution in [-0.2, 0) is 0 Å². The topological polar surface area (TPSA) is 17.1 Å². The van der Waals surface area contributed by atoms with Crippen molar-refractivity contribution in [3.63, 3.8) is 0 Å². The van der Waals surface area contributed by atoms with Gasteiger partial charge in [-0.3, -0.25) is 4.79 Å². The normalized spacial score (nSPS) is 10.1. The van der Waals surface area contributed by atoms with Crippen LogP contribution < -0.4 is 0 Å². The fourth-order valence-corrected chi connectivity index (χ4v) is 1.90. The predicted molar refractivity (Wildman–Crippen MR) is 66.6 cm³/mol. The number of hydrogen-bond donors (Lipinski definition) is 0. The Balaban J connectivity index is 2.65. The van der Waals surface area contributed by atoms with Crippen LogP contribution in [0.3, 0.4) is 0 Å². The van der Waals surface area contributed by atoms with E-state index in [1.807, 2.05) is 36.4 Å². The highest BCUT2D eigenvalue weighted by Gasteiger charge is 2.09. The Hall–Kier alpha value is -1.89. The molecule has 0 bridgehead atoms. The second-order valence-electron chi connectivity index (χ2n) is 3.92. The summed E-state index contributed by atoms with van der Waals surface area (Å²) in [5.74, 6) is 0.110. The third-order valence-electron chi connectivity index (χ3n) is 2.74. The van der Waals surface area contributed by atoms with Crippen LogP contribution in [0.1, 0.15) is 22.8 Å². The van der Waals surface area contributed by atoms with E-state index < -0.39 is 0 Å². The number of aryl methyl sites for hydroxylation is 1. The highest BCUT2D eigenvalue weighted by Crippen LogP contribution is 2.26. The molecule has 0 saturated heterocycles. The minimum Gasteiger partial charge on any atom is -0.294 e. The van der Waals surface area contributed by atoms with E-state index in [0.717, 1.165) is 16.7 Å². The van der Waals surface area contributed by atoms with Crippen LogP contribution >= 0.6 is 0 Å². The summed E-state index contributed by atoms with van der Waals surface area (Å²) in [6, 6.07) is 15.9. The maximum absolute atomic E-state index is 11.6. The molecule has 0 aliphatic heterocycles. The first kappa shape index (κ1) is 10.6. The van der Waals surface area contributed by atoms with E-state index in [0.29, 0.717) is 0 Å². The van der Waals surface area contributed by atoms with E-state index in [4.69, 9.17) is 0 Å². The van der Waals surface area contributed by atoms with Gasteiger partial charge in [-0.15, -0.1) is 0 Å². The number of carbonyl (C=O) groups excluding carboxylic acids is 1. The van der Waals surface area contributed by atoms with Gasteiger partial charge >= 0.3 is 0 Å². The van der Waals surface area contributed by atoms with Gasteiger partial charge in [0.15, 0.2) is 5.78 Å². The lowest BCUT2D eigenvalue weighted by atomic mass is 9.94. The maximum Gasteiger partial charge on any atom is 0.160 e. The molecule has 1 heteroatoms. The van der Waals surface area contributed by atoms with E-state index in [-0.39, 0.29) is 5.78 Å². The first-order chi connectivity index (χ1) is 7.70. The Morgan fingerprint density at radius 2 is 1.44 bits per heavy atom. The smallest absolute Gasteiger partial charge is 0.160 e. The van der Waals surface area contributed by atoms with E-state index in [1.54, 1.807) is 6.92 Å². The van der Waals surface area contributed by atoms with Gasteiger partial charge in [0.1, 0.15) is 0 Å². The molecule has 0 aromatic heterocycles. The van der Waals surface area contributed by atoms with Gasteiger partial charge < -0.3 is 0 Å². The standard InChI is InChI=1S/C15H14O/c1-11-7-3-4-8-13(11)15-10-6-5-9-14(15)12(2)16/h3-10H,1-2H3. The van der Waals surface area contributed by atoms with Crippen LogP contribution in [0.15, 0.2) is 48.5 Å². The molecule has 0 N–H and O–H groups in total. The third kappa shape index (κ3) is 1.89. The van der Waals surface area contributed by atoms with Crippen molar-refractivity contribution in [2.45, 2.75) is 13.8 Å². The van der Waals surface area contributed by atoms with Gasteiger partial charge in [-0.1, -0.05) is 48.5 Å². The van der Waals surface area contributed by atoms with Crippen molar-refractivity contribution in [1.29, 1.82) is 0 Å². The molecular weight excluding hydrogens is 196 g/mol. The monoisotopic (exact) mass is 210 g/mol. The van der Waals surface area contributed by atoms with Crippen LogP contribution in [0, 0.1) is 6.92 Å². The highest BCUT2D eigenvalue weighted by atomic mass is 16.1. The number of benzene rings is 2. The molecule has 2 aromatic carbocycles. The van der Waals surface area contributed by atoms with E-state index in [2.05, 4.69) is 19.1 Å². The molecule has 2 aromatic rings. The molecule has 0 spiro atoms. The summed E-state index contributed by atoms with van der Waals surface area (Å²) >= 11 is 0. The van der Waals surface area contributed by atoms with Crippen LogP contribution in [0.5, 0.6) is 0 Å². The molecule has 0 fully saturated rings. The first-order valence-electron chi connectivity index (χ1n) is 5.36. The Kier molecular flexibility index (Phi) is 2.86. The molecule has 2 rings (SSSR count). The van der Waals surface area contributed by atoms with Gasteiger partial charge in [-0.25, -0.2) is 0 Å². The second-order valence-corrected chi connectivity index (χ2v) is 3.92. The molecule has 0 atom stereocenters. The molecule has 80 valence electrons. The van der Waals surface area contributed by atoms with Crippen molar-refractivity contribution >= 4 is 5.78 Å². The summed E-state index contributed by atoms with van der Waals surface area (Å²) in [5, 5.41) is 0. The van der Waals surface area contributed by atoms with Gasteiger partial charge in [0.2, 0.25) is 0 Å². The van der Waals surface area contributed by atoms with Gasteiger partial charge in [-0.2, -0.15) is 0 Å². The van der Waals surface area contributed by atoms with E-state index in [1.165, 1.54) is 5.56 Å². The Labute approximate surface area is 95.7 Å². The molecule has 0 amide bonds. The van der Waals surface area contributed by atoms with Gasteiger partial charge in [0.05, 0.1) is 0 Å². The van der Waals surface area contributed by atoms with Crippen molar-refractivity contribution in [2.75, 3.05) is 0 Å². The SMILES string of the molecule is CC(=O)c1ccccc1-c1ccccc1C. The zero-order valence-electron chi connectivity index (χ0n) is 9.53. The van der Waals surface area contributed by atoms with Crippen molar-refractivity contribution in [3.05, 3.63) is 59.7 Å². The number of ketones is 1. The van der Waals surface area contributed by atoms with Gasteiger partial charge in [0, 0.05) is 5.56 Å².